The summed E-state index contributed by atoms with van der Waals surface area (Å²) < 4.78 is 17.3. The summed E-state index contributed by atoms with van der Waals surface area (Å²) in [7, 11) is 5.42. The van der Waals surface area contributed by atoms with Crippen LogP contribution in [0.25, 0.3) is 0 Å². The molecule has 0 aliphatic heterocycles. The fourth-order valence-electron chi connectivity index (χ4n) is 8.38. The summed E-state index contributed by atoms with van der Waals surface area (Å²) in [6.45, 7) is 4.59. The molecule has 0 heterocycles. The molecule has 8 heteroatoms. The Balaban J connectivity index is 4.18. The van der Waals surface area contributed by atoms with Gasteiger partial charge in [-0.15, -0.1) is 0 Å². The zero-order valence-corrected chi connectivity index (χ0v) is 44.6. The van der Waals surface area contributed by atoms with Crippen molar-refractivity contribution in [3.8, 4) is 0 Å². The molecular weight excluding hydrogens is 835 g/mol. The van der Waals surface area contributed by atoms with Crippen molar-refractivity contribution in [3.63, 3.8) is 0 Å². The van der Waals surface area contributed by atoms with Crippen LogP contribution in [0.4, 0.5) is 0 Å². The Hall–Kier alpha value is -2.71. The molecule has 0 radical (unpaired) electrons. The van der Waals surface area contributed by atoms with Gasteiger partial charge in [0.2, 0.25) is 0 Å². The van der Waals surface area contributed by atoms with E-state index in [0.29, 0.717) is 12.8 Å². The van der Waals surface area contributed by atoms with E-state index in [1.165, 1.54) is 167 Å². The molecule has 0 amide bonds. The number of allylic oxidation sites excluding steroid dienone is 8. The van der Waals surface area contributed by atoms with Crippen molar-refractivity contribution in [1.82, 2.24) is 0 Å². The van der Waals surface area contributed by atoms with Crippen molar-refractivity contribution in [2.24, 2.45) is 0 Å². The van der Waals surface area contributed by atoms with Gasteiger partial charge in [-0.2, -0.15) is 0 Å². The summed E-state index contributed by atoms with van der Waals surface area (Å²) in [4.78, 5) is 37.1. The standard InChI is InChI=1S/C59H107NO7/c1-6-8-10-12-14-16-18-20-22-24-26-28-30-31-33-35-37-39-41-43-45-47-49-57(61)66-54-55(53-65-52-51-56(59(63)64)60(3,4)5)67-58(62)50-48-46-44-42-40-38-36-34-32-29-27-25-23-21-19-17-15-13-11-9-7-2/h9,11,15,17,21,23,30-31,55-56H,6-8,10,12-14,16,18-20,22,24-29,32-54H2,1-5H3/b11-9+,17-15+,23-21+,31-30+. The largest absolute Gasteiger partial charge is 0.544 e. The van der Waals surface area contributed by atoms with Crippen LogP contribution in [-0.4, -0.2) is 75.5 Å². The van der Waals surface area contributed by atoms with Gasteiger partial charge in [0.25, 0.3) is 0 Å². The zero-order valence-electron chi connectivity index (χ0n) is 44.6. The predicted molar refractivity (Wildman–Crippen MR) is 282 cm³/mol. The number of hydrogen-bond acceptors (Lipinski definition) is 7. The number of ether oxygens (including phenoxy) is 3. The molecule has 0 aliphatic carbocycles. The molecule has 67 heavy (non-hydrogen) atoms. The van der Waals surface area contributed by atoms with E-state index in [9.17, 15) is 19.5 Å². The molecule has 2 unspecified atom stereocenters. The SMILES string of the molecule is CC/C=C/C/C=C/C/C=C/CCCCCCCCCCCCCC(=O)OC(COCCC(C(=O)[O-])[N+](C)(C)C)COC(=O)CCCCCCCCC/C=C/CCCCCCCCCCCCC. The predicted octanol–water partition coefficient (Wildman–Crippen LogP) is 15.4. The van der Waals surface area contributed by atoms with Gasteiger partial charge in [0.1, 0.15) is 12.6 Å². The lowest BCUT2D eigenvalue weighted by Gasteiger charge is -2.34. The van der Waals surface area contributed by atoms with Crippen molar-refractivity contribution < 1.29 is 38.2 Å². The highest BCUT2D eigenvalue weighted by Crippen LogP contribution is 2.16. The number of unbranched alkanes of at least 4 members (excludes halogenated alkanes) is 29. The van der Waals surface area contributed by atoms with Gasteiger partial charge in [-0.25, -0.2) is 0 Å². The minimum Gasteiger partial charge on any atom is -0.544 e. The first-order chi connectivity index (χ1) is 32.6. The van der Waals surface area contributed by atoms with Gasteiger partial charge in [-0.3, -0.25) is 9.59 Å². The monoisotopic (exact) mass is 942 g/mol. The molecule has 390 valence electrons. The van der Waals surface area contributed by atoms with Gasteiger partial charge in [0.05, 0.1) is 40.3 Å². The molecule has 0 aromatic carbocycles. The number of aliphatic carboxylic acids is 1. The second-order valence-electron chi connectivity index (χ2n) is 20.1. The molecule has 0 aliphatic rings. The topological polar surface area (TPSA) is 102 Å². The lowest BCUT2D eigenvalue weighted by molar-refractivity contribution is -0.889. The van der Waals surface area contributed by atoms with Crippen molar-refractivity contribution >= 4 is 17.9 Å². The van der Waals surface area contributed by atoms with E-state index in [1.54, 1.807) is 0 Å². The smallest absolute Gasteiger partial charge is 0.306 e. The number of quaternary nitrogens is 1. The van der Waals surface area contributed by atoms with Crippen LogP contribution in [0.15, 0.2) is 48.6 Å². The molecule has 0 aromatic heterocycles. The molecule has 0 aromatic rings. The van der Waals surface area contributed by atoms with Crippen LogP contribution in [0.1, 0.15) is 258 Å². The lowest BCUT2D eigenvalue weighted by atomic mass is 10.0. The summed E-state index contributed by atoms with van der Waals surface area (Å²) in [6, 6.07) is -0.728. The van der Waals surface area contributed by atoms with Crippen molar-refractivity contribution in [2.45, 2.75) is 270 Å². The second kappa shape index (κ2) is 49.7. The van der Waals surface area contributed by atoms with Crippen LogP contribution in [0.5, 0.6) is 0 Å². The third-order valence-electron chi connectivity index (χ3n) is 12.7. The fourth-order valence-corrected chi connectivity index (χ4v) is 8.38. The highest BCUT2D eigenvalue weighted by molar-refractivity contribution is 5.70. The number of nitrogens with zero attached hydrogens (tertiary/aromatic N) is 1. The third kappa shape index (κ3) is 48.1. The van der Waals surface area contributed by atoms with Crippen LogP contribution >= 0.6 is 0 Å². The lowest BCUT2D eigenvalue weighted by Crippen LogP contribution is -2.55. The van der Waals surface area contributed by atoms with Gasteiger partial charge in [0.15, 0.2) is 6.10 Å². The summed E-state index contributed by atoms with van der Waals surface area (Å²) in [6.07, 6.45) is 61.5. The van der Waals surface area contributed by atoms with Gasteiger partial charge >= 0.3 is 11.9 Å². The van der Waals surface area contributed by atoms with E-state index in [1.807, 2.05) is 21.1 Å². The molecule has 0 N–H and O–H groups in total. The molecule has 0 saturated carbocycles. The number of hydrogen-bond donors (Lipinski definition) is 0. The minimum absolute atomic E-state index is 0.0393. The maximum Gasteiger partial charge on any atom is 0.306 e. The normalized spacial score (nSPS) is 13.1. The Labute approximate surface area is 414 Å². The molecule has 0 saturated heterocycles. The fraction of sp³-hybridized carbons (Fsp3) is 0.814. The first-order valence-electron chi connectivity index (χ1n) is 28.2. The Morgan fingerprint density at radius 3 is 1.25 bits per heavy atom. The van der Waals surface area contributed by atoms with Crippen molar-refractivity contribution in [2.75, 3.05) is 41.0 Å². The van der Waals surface area contributed by atoms with E-state index in [4.69, 9.17) is 14.2 Å². The Morgan fingerprint density at radius 2 is 0.836 bits per heavy atom. The Bertz CT molecular complexity index is 1230. The van der Waals surface area contributed by atoms with Crippen molar-refractivity contribution in [3.05, 3.63) is 48.6 Å². The van der Waals surface area contributed by atoms with Gasteiger partial charge in [-0.05, 0) is 70.6 Å². The average molecular weight is 943 g/mol. The highest BCUT2D eigenvalue weighted by atomic mass is 16.6. The average Bonchev–Trinajstić information content (AvgIpc) is 3.29. The van der Waals surface area contributed by atoms with Crippen LogP contribution in [0.2, 0.25) is 0 Å². The maximum atomic E-state index is 12.8. The summed E-state index contributed by atoms with van der Waals surface area (Å²) in [5.41, 5.74) is 0. The van der Waals surface area contributed by atoms with Crippen LogP contribution in [0.3, 0.4) is 0 Å². The third-order valence-corrected chi connectivity index (χ3v) is 12.7. The molecule has 0 spiro atoms. The molecule has 0 fully saturated rings. The summed E-state index contributed by atoms with van der Waals surface area (Å²) in [5.74, 6) is -1.73. The van der Waals surface area contributed by atoms with E-state index < -0.39 is 18.1 Å². The van der Waals surface area contributed by atoms with Crippen LogP contribution in [0, 0.1) is 0 Å². The maximum absolute atomic E-state index is 12.8. The first-order valence-corrected chi connectivity index (χ1v) is 28.2. The van der Waals surface area contributed by atoms with Crippen LogP contribution < -0.4 is 5.11 Å². The number of esters is 2. The van der Waals surface area contributed by atoms with E-state index in [0.717, 1.165) is 57.8 Å². The molecule has 0 rings (SSSR count). The minimum atomic E-state index is -1.12. The number of carbonyl (C=O) groups is 3. The first kappa shape index (κ1) is 64.3. The molecule has 2 atom stereocenters. The number of carboxylic acid groups (broad SMARTS) is 1. The quantitative estimate of drug-likeness (QED) is 0.0259. The summed E-state index contributed by atoms with van der Waals surface area (Å²) >= 11 is 0. The number of carboxylic acids is 1. The zero-order chi connectivity index (χ0) is 49.2. The van der Waals surface area contributed by atoms with Gasteiger partial charge < -0.3 is 28.6 Å². The summed E-state index contributed by atoms with van der Waals surface area (Å²) in [5, 5.41) is 11.7. The Morgan fingerprint density at radius 1 is 0.463 bits per heavy atom. The number of rotatable bonds is 51. The van der Waals surface area contributed by atoms with Crippen LogP contribution in [-0.2, 0) is 28.6 Å². The molecule has 0 bridgehead atoms. The number of likely N-dealkylation sites (N-methyl/N-ethyl adjacent to an activating group) is 1. The van der Waals surface area contributed by atoms with Crippen molar-refractivity contribution in [1.29, 1.82) is 0 Å². The van der Waals surface area contributed by atoms with E-state index >= 15 is 0 Å². The second-order valence-corrected chi connectivity index (χ2v) is 20.1. The highest BCUT2D eigenvalue weighted by Gasteiger charge is 2.25. The Kier molecular flexibility index (Phi) is 47.7. The molecule has 8 nitrogen and oxygen atoms in total. The van der Waals surface area contributed by atoms with E-state index in [-0.39, 0.29) is 42.7 Å². The van der Waals surface area contributed by atoms with Gasteiger partial charge in [0, 0.05) is 19.3 Å². The molecular formula is C59H107NO7. The number of carbonyl (C=O) groups excluding carboxylic acids is 3. The van der Waals surface area contributed by atoms with Gasteiger partial charge in [-0.1, -0.05) is 217 Å². The van der Waals surface area contributed by atoms with E-state index in [2.05, 4.69) is 62.5 Å².